The second-order valence-electron chi connectivity index (χ2n) is 5.82. The van der Waals surface area contributed by atoms with Crippen LogP contribution >= 0.6 is 27.5 Å². The van der Waals surface area contributed by atoms with E-state index in [-0.39, 0.29) is 30.2 Å². The molecular formula is C19H17BrClNO3. The quantitative estimate of drug-likeness (QED) is 0.423. The van der Waals surface area contributed by atoms with Crippen LogP contribution in [0.25, 0.3) is 0 Å². The zero-order chi connectivity index (χ0) is 17.8. The molecule has 0 radical (unpaired) electrons. The lowest BCUT2D eigenvalue weighted by Gasteiger charge is -2.36. The molecule has 0 N–H and O–H groups in total. The van der Waals surface area contributed by atoms with Crippen LogP contribution in [-0.2, 0) is 16.0 Å². The van der Waals surface area contributed by atoms with Gasteiger partial charge in [-0.25, -0.2) is 0 Å². The van der Waals surface area contributed by atoms with Crippen LogP contribution in [0, 0.1) is 0 Å². The molecule has 130 valence electrons. The Hall–Kier alpha value is -1.85. The highest BCUT2D eigenvalue weighted by molar-refractivity contribution is 9.10. The molecule has 1 amide bonds. The molecule has 1 unspecified atom stereocenters. The van der Waals surface area contributed by atoms with Crippen LogP contribution in [0.3, 0.4) is 0 Å². The second kappa shape index (κ2) is 8.02. The minimum Gasteiger partial charge on any atom is -0.426 e. The number of amides is 1. The Morgan fingerprint density at radius 1 is 1.20 bits per heavy atom. The average molecular weight is 423 g/mol. The number of nitrogens with zero attached hydrogens (tertiary/aromatic N) is 1. The zero-order valence-electron chi connectivity index (χ0n) is 13.5. The molecule has 1 aliphatic heterocycles. The van der Waals surface area contributed by atoms with Gasteiger partial charge in [0.15, 0.2) is 0 Å². The van der Waals surface area contributed by atoms with Gasteiger partial charge >= 0.3 is 5.97 Å². The minimum atomic E-state index is -0.378. The molecule has 6 heteroatoms. The van der Waals surface area contributed by atoms with Crippen molar-refractivity contribution in [3.05, 3.63) is 64.1 Å². The molecule has 25 heavy (non-hydrogen) atoms. The number of benzene rings is 2. The summed E-state index contributed by atoms with van der Waals surface area (Å²) in [5.41, 5.74) is 2.10. The fraction of sp³-hybridized carbons (Fsp3) is 0.263. The highest BCUT2D eigenvalue weighted by Gasteiger charge is 2.32. The zero-order valence-corrected chi connectivity index (χ0v) is 15.8. The first kappa shape index (κ1) is 18.0. The van der Waals surface area contributed by atoms with E-state index in [1.54, 1.807) is 29.2 Å². The van der Waals surface area contributed by atoms with Gasteiger partial charge in [-0.1, -0.05) is 40.2 Å². The number of hydrogen-bond acceptors (Lipinski definition) is 3. The van der Waals surface area contributed by atoms with Crippen molar-refractivity contribution >= 4 is 39.4 Å². The van der Waals surface area contributed by atoms with Gasteiger partial charge in [-0.05, 0) is 41.8 Å². The molecule has 1 atom stereocenters. The third-order valence-corrected chi connectivity index (χ3v) is 4.96. The highest BCUT2D eigenvalue weighted by Crippen LogP contribution is 2.34. The molecule has 0 fully saturated rings. The fourth-order valence-electron chi connectivity index (χ4n) is 3.08. The van der Waals surface area contributed by atoms with Gasteiger partial charge in [-0.15, -0.1) is 11.6 Å². The van der Waals surface area contributed by atoms with Crippen molar-refractivity contribution in [2.45, 2.75) is 18.9 Å². The molecule has 0 spiro atoms. The Bertz CT molecular complexity index is 781. The van der Waals surface area contributed by atoms with Crippen molar-refractivity contribution in [3.8, 4) is 5.75 Å². The molecular weight excluding hydrogens is 406 g/mol. The summed E-state index contributed by atoms with van der Waals surface area (Å²) >= 11 is 9.22. The monoisotopic (exact) mass is 421 g/mol. The molecule has 1 aliphatic rings. The maximum atomic E-state index is 12.4. The molecule has 0 aliphatic carbocycles. The number of rotatable bonds is 4. The lowest BCUT2D eigenvalue weighted by atomic mass is 9.90. The topological polar surface area (TPSA) is 46.6 Å². The Labute approximate surface area is 159 Å². The van der Waals surface area contributed by atoms with Gasteiger partial charge in [0.05, 0.1) is 12.5 Å². The molecule has 0 aromatic heterocycles. The summed E-state index contributed by atoms with van der Waals surface area (Å²) in [6.45, 7) is 0.545. The second-order valence-corrected chi connectivity index (χ2v) is 7.00. The van der Waals surface area contributed by atoms with Crippen LogP contribution in [-0.4, -0.2) is 29.2 Å². The van der Waals surface area contributed by atoms with Crippen LogP contribution in [0.1, 0.15) is 23.6 Å². The number of hydrogen-bond donors (Lipinski definition) is 0. The van der Waals surface area contributed by atoms with Crippen molar-refractivity contribution in [1.82, 2.24) is 4.90 Å². The van der Waals surface area contributed by atoms with Crippen molar-refractivity contribution < 1.29 is 14.3 Å². The molecule has 0 saturated heterocycles. The van der Waals surface area contributed by atoms with E-state index in [0.717, 1.165) is 22.0 Å². The summed E-state index contributed by atoms with van der Waals surface area (Å²) in [7, 11) is 0. The third-order valence-electron chi connectivity index (χ3n) is 4.23. The van der Waals surface area contributed by atoms with Crippen molar-refractivity contribution in [3.63, 3.8) is 0 Å². The van der Waals surface area contributed by atoms with E-state index in [1.165, 1.54) is 0 Å². The minimum absolute atomic E-state index is 0.0843. The Morgan fingerprint density at radius 2 is 1.96 bits per heavy atom. The molecule has 2 aromatic carbocycles. The van der Waals surface area contributed by atoms with Gasteiger partial charge in [0.1, 0.15) is 11.6 Å². The molecule has 4 nitrogen and oxygen atoms in total. The number of fused-ring (bicyclic) bond motifs is 1. The Morgan fingerprint density at radius 3 is 2.68 bits per heavy atom. The Kier molecular flexibility index (Phi) is 5.76. The van der Waals surface area contributed by atoms with Gasteiger partial charge in [0, 0.05) is 11.0 Å². The van der Waals surface area contributed by atoms with Crippen molar-refractivity contribution in [2.24, 2.45) is 0 Å². The number of ether oxygens (including phenoxy) is 1. The molecule has 0 bridgehead atoms. The maximum absolute atomic E-state index is 12.4. The van der Waals surface area contributed by atoms with Crippen LogP contribution < -0.4 is 4.74 Å². The van der Waals surface area contributed by atoms with Crippen molar-refractivity contribution in [2.75, 3.05) is 12.4 Å². The summed E-state index contributed by atoms with van der Waals surface area (Å²) in [6.07, 6.45) is 0.830. The van der Waals surface area contributed by atoms with Gasteiger partial charge < -0.3 is 9.64 Å². The molecule has 3 rings (SSSR count). The van der Waals surface area contributed by atoms with Crippen LogP contribution in [0.2, 0.25) is 0 Å². The third kappa shape index (κ3) is 4.22. The van der Waals surface area contributed by atoms with E-state index in [9.17, 15) is 9.59 Å². The number of halogens is 2. The summed E-state index contributed by atoms with van der Waals surface area (Å²) < 4.78 is 6.31. The molecule has 2 aromatic rings. The highest BCUT2D eigenvalue weighted by atomic mass is 79.9. The standard InChI is InChI=1S/C19H17BrClNO3/c20-14-7-6-13-8-9-22(18(23)12-21)17(16(13)10-14)11-19(24)25-15-4-2-1-3-5-15/h1-7,10,17H,8-9,11-12H2. The van der Waals surface area contributed by atoms with Crippen molar-refractivity contribution in [1.29, 1.82) is 0 Å². The first-order chi connectivity index (χ1) is 12.1. The van der Waals surface area contributed by atoms with E-state index < -0.39 is 0 Å². The summed E-state index contributed by atoms with van der Waals surface area (Å²) in [5, 5.41) is 0. The van der Waals surface area contributed by atoms with Gasteiger partial charge in [-0.2, -0.15) is 0 Å². The largest absolute Gasteiger partial charge is 0.426 e. The number of carbonyl (C=O) groups excluding carboxylic acids is 2. The van der Waals surface area contributed by atoms with Crippen LogP contribution in [0.5, 0.6) is 5.75 Å². The molecule has 0 saturated carbocycles. The predicted octanol–water partition coefficient (Wildman–Crippen LogP) is 4.11. The predicted molar refractivity (Wildman–Crippen MR) is 99.7 cm³/mol. The Balaban J connectivity index is 1.85. The van der Waals surface area contributed by atoms with Crippen LogP contribution in [0.4, 0.5) is 0 Å². The van der Waals surface area contributed by atoms with Gasteiger partial charge in [0.2, 0.25) is 5.91 Å². The smallest absolute Gasteiger partial charge is 0.313 e. The number of esters is 1. The van der Waals surface area contributed by atoms with Crippen LogP contribution in [0.15, 0.2) is 53.0 Å². The van der Waals surface area contributed by atoms with E-state index in [0.29, 0.717) is 12.3 Å². The molecule has 1 heterocycles. The van der Waals surface area contributed by atoms with E-state index in [1.807, 2.05) is 24.3 Å². The normalized spacial score (nSPS) is 16.2. The van der Waals surface area contributed by atoms with E-state index >= 15 is 0 Å². The number of alkyl halides is 1. The summed E-state index contributed by atoms with van der Waals surface area (Å²) in [5.74, 6) is -0.165. The fourth-order valence-corrected chi connectivity index (χ4v) is 3.62. The lowest BCUT2D eigenvalue weighted by Crippen LogP contribution is -2.42. The average Bonchev–Trinajstić information content (AvgIpc) is 2.62. The number of carbonyl (C=O) groups is 2. The van der Waals surface area contributed by atoms with Gasteiger partial charge in [0.25, 0.3) is 0 Å². The van der Waals surface area contributed by atoms with Gasteiger partial charge in [-0.3, -0.25) is 9.59 Å². The summed E-state index contributed by atoms with van der Waals surface area (Å²) in [6, 6.07) is 14.5. The summed E-state index contributed by atoms with van der Waals surface area (Å²) in [4.78, 5) is 26.3. The lowest BCUT2D eigenvalue weighted by molar-refractivity contribution is -0.138. The van der Waals surface area contributed by atoms with E-state index in [4.69, 9.17) is 16.3 Å². The SMILES string of the molecule is O=C(CC1c2cc(Br)ccc2CCN1C(=O)CCl)Oc1ccccc1. The first-order valence-corrected chi connectivity index (χ1v) is 9.30. The number of para-hydroxylation sites is 1. The maximum Gasteiger partial charge on any atom is 0.313 e. The van der Waals surface area contributed by atoms with E-state index in [2.05, 4.69) is 15.9 Å². The first-order valence-electron chi connectivity index (χ1n) is 7.98.